The normalized spacial score (nSPS) is 12.2. The van der Waals surface area contributed by atoms with Crippen LogP contribution in [0.25, 0.3) is 0 Å². The van der Waals surface area contributed by atoms with E-state index in [0.717, 1.165) is 11.1 Å². The van der Waals surface area contributed by atoms with Gasteiger partial charge in [0.1, 0.15) is 5.75 Å². The SMILES string of the molecule is COc1ccc(C(O)Cc2ccc(C)cc2)cc1Cl. The molecule has 100 valence electrons. The molecule has 1 N–H and O–H groups in total. The van der Waals surface area contributed by atoms with Gasteiger partial charge in [-0.3, -0.25) is 0 Å². The highest BCUT2D eigenvalue weighted by Gasteiger charge is 2.11. The molecule has 2 aromatic carbocycles. The fourth-order valence-corrected chi connectivity index (χ4v) is 2.22. The van der Waals surface area contributed by atoms with Crippen molar-refractivity contribution < 1.29 is 9.84 Å². The Morgan fingerprint density at radius 3 is 2.42 bits per heavy atom. The predicted octanol–water partition coefficient (Wildman–Crippen LogP) is 3.93. The lowest BCUT2D eigenvalue weighted by Crippen LogP contribution is -2.02. The van der Waals surface area contributed by atoms with Gasteiger partial charge in [0.15, 0.2) is 0 Å². The van der Waals surface area contributed by atoms with Crippen LogP contribution in [-0.2, 0) is 6.42 Å². The molecule has 0 aliphatic rings. The Balaban J connectivity index is 2.13. The smallest absolute Gasteiger partial charge is 0.137 e. The Kier molecular flexibility index (Phi) is 4.46. The molecule has 0 spiro atoms. The van der Waals surface area contributed by atoms with Crippen LogP contribution in [0.5, 0.6) is 5.75 Å². The van der Waals surface area contributed by atoms with Crippen molar-refractivity contribution >= 4 is 11.6 Å². The first kappa shape index (κ1) is 13.9. The molecule has 3 heteroatoms. The molecule has 0 aliphatic heterocycles. The summed E-state index contributed by atoms with van der Waals surface area (Å²) >= 11 is 6.06. The molecule has 2 aromatic rings. The molecule has 0 saturated carbocycles. The van der Waals surface area contributed by atoms with Crippen LogP contribution in [-0.4, -0.2) is 12.2 Å². The van der Waals surface area contributed by atoms with E-state index in [-0.39, 0.29) is 0 Å². The molecule has 0 aromatic heterocycles. The van der Waals surface area contributed by atoms with Crippen molar-refractivity contribution in [2.24, 2.45) is 0 Å². The number of hydrogen-bond acceptors (Lipinski definition) is 2. The van der Waals surface area contributed by atoms with Crippen LogP contribution in [0.15, 0.2) is 42.5 Å². The van der Waals surface area contributed by atoms with E-state index in [9.17, 15) is 5.11 Å². The number of halogens is 1. The molecule has 2 nitrogen and oxygen atoms in total. The molecular formula is C16H17ClO2. The number of aryl methyl sites for hydroxylation is 1. The summed E-state index contributed by atoms with van der Waals surface area (Å²) in [5, 5.41) is 10.7. The Hall–Kier alpha value is -1.51. The highest BCUT2D eigenvalue weighted by atomic mass is 35.5. The summed E-state index contributed by atoms with van der Waals surface area (Å²) in [5.74, 6) is 0.618. The molecule has 1 unspecified atom stereocenters. The lowest BCUT2D eigenvalue weighted by atomic mass is 10.0. The van der Waals surface area contributed by atoms with Gasteiger partial charge in [0.25, 0.3) is 0 Å². The van der Waals surface area contributed by atoms with E-state index >= 15 is 0 Å². The van der Waals surface area contributed by atoms with Crippen molar-refractivity contribution in [2.45, 2.75) is 19.4 Å². The van der Waals surface area contributed by atoms with Gasteiger partial charge in [-0.15, -0.1) is 0 Å². The molecule has 1 atom stereocenters. The van der Waals surface area contributed by atoms with Gasteiger partial charge in [-0.2, -0.15) is 0 Å². The second kappa shape index (κ2) is 6.09. The van der Waals surface area contributed by atoms with Crippen molar-refractivity contribution in [3.63, 3.8) is 0 Å². The molecule has 0 bridgehead atoms. The third kappa shape index (κ3) is 3.49. The number of benzene rings is 2. The fourth-order valence-electron chi connectivity index (χ4n) is 1.96. The Labute approximate surface area is 118 Å². The summed E-state index contributed by atoms with van der Waals surface area (Å²) in [5.41, 5.74) is 3.11. The first-order chi connectivity index (χ1) is 9.10. The third-order valence-corrected chi connectivity index (χ3v) is 3.41. The number of aliphatic hydroxyl groups excluding tert-OH is 1. The molecule has 0 saturated heterocycles. The van der Waals surface area contributed by atoms with Crippen LogP contribution >= 0.6 is 11.6 Å². The molecule has 0 radical (unpaired) electrons. The molecule has 0 fully saturated rings. The highest BCUT2D eigenvalue weighted by Crippen LogP contribution is 2.28. The van der Waals surface area contributed by atoms with Gasteiger partial charge < -0.3 is 9.84 Å². The molecule has 0 heterocycles. The van der Waals surface area contributed by atoms with Gasteiger partial charge in [-0.05, 0) is 30.2 Å². The first-order valence-electron chi connectivity index (χ1n) is 6.17. The summed E-state index contributed by atoms with van der Waals surface area (Å²) in [7, 11) is 1.57. The second-order valence-corrected chi connectivity index (χ2v) is 5.01. The van der Waals surface area contributed by atoms with Gasteiger partial charge in [-0.1, -0.05) is 47.5 Å². The fraction of sp³-hybridized carbons (Fsp3) is 0.250. The van der Waals surface area contributed by atoms with Crippen molar-refractivity contribution in [3.8, 4) is 5.75 Å². The summed E-state index contributed by atoms with van der Waals surface area (Å²) in [4.78, 5) is 0. The maximum atomic E-state index is 10.2. The van der Waals surface area contributed by atoms with Crippen molar-refractivity contribution in [2.75, 3.05) is 7.11 Å². The molecule has 0 amide bonds. The molecule has 0 aliphatic carbocycles. The van der Waals surface area contributed by atoms with Gasteiger partial charge >= 0.3 is 0 Å². The van der Waals surface area contributed by atoms with Gasteiger partial charge in [0.2, 0.25) is 0 Å². The number of ether oxygens (including phenoxy) is 1. The minimum Gasteiger partial charge on any atom is -0.495 e. The maximum Gasteiger partial charge on any atom is 0.137 e. The predicted molar refractivity (Wildman–Crippen MR) is 77.8 cm³/mol. The average Bonchev–Trinajstić information content (AvgIpc) is 2.41. The van der Waals surface area contributed by atoms with Crippen LogP contribution in [0.4, 0.5) is 0 Å². The van der Waals surface area contributed by atoms with Crippen LogP contribution in [0.3, 0.4) is 0 Å². The standard InChI is InChI=1S/C16H17ClO2/c1-11-3-5-12(6-4-11)9-15(18)13-7-8-16(19-2)14(17)10-13/h3-8,10,15,18H,9H2,1-2H3. The summed E-state index contributed by atoms with van der Waals surface area (Å²) in [6.07, 6.45) is 0.00857. The lowest BCUT2D eigenvalue weighted by molar-refractivity contribution is 0.178. The molecular weight excluding hydrogens is 260 g/mol. The summed E-state index contributed by atoms with van der Waals surface area (Å²) in [6, 6.07) is 13.5. The van der Waals surface area contributed by atoms with E-state index in [4.69, 9.17) is 16.3 Å². The quantitative estimate of drug-likeness (QED) is 0.917. The van der Waals surface area contributed by atoms with Gasteiger partial charge in [0, 0.05) is 6.42 Å². The highest BCUT2D eigenvalue weighted by molar-refractivity contribution is 6.32. The zero-order valence-corrected chi connectivity index (χ0v) is 11.8. The van der Waals surface area contributed by atoms with E-state index in [1.54, 1.807) is 19.2 Å². The monoisotopic (exact) mass is 276 g/mol. The van der Waals surface area contributed by atoms with E-state index in [1.807, 2.05) is 37.3 Å². The number of methoxy groups -OCH3 is 1. The zero-order valence-electron chi connectivity index (χ0n) is 11.1. The van der Waals surface area contributed by atoms with Crippen LogP contribution in [0.1, 0.15) is 22.8 Å². The number of hydrogen-bond donors (Lipinski definition) is 1. The Morgan fingerprint density at radius 1 is 1.16 bits per heavy atom. The zero-order chi connectivity index (χ0) is 13.8. The summed E-state index contributed by atoms with van der Waals surface area (Å²) in [6.45, 7) is 2.05. The van der Waals surface area contributed by atoms with Gasteiger partial charge in [0.05, 0.1) is 18.2 Å². The molecule has 2 rings (SSSR count). The van der Waals surface area contributed by atoms with Crippen molar-refractivity contribution in [1.29, 1.82) is 0 Å². The summed E-state index contributed by atoms with van der Waals surface area (Å²) < 4.78 is 5.10. The van der Waals surface area contributed by atoms with E-state index in [0.29, 0.717) is 17.2 Å². The minimum absolute atomic E-state index is 0.517. The van der Waals surface area contributed by atoms with Crippen molar-refractivity contribution in [3.05, 3.63) is 64.2 Å². The molecule has 19 heavy (non-hydrogen) atoms. The third-order valence-electron chi connectivity index (χ3n) is 3.11. The Bertz CT molecular complexity index is 549. The minimum atomic E-state index is -0.564. The van der Waals surface area contributed by atoms with Gasteiger partial charge in [-0.25, -0.2) is 0 Å². The van der Waals surface area contributed by atoms with E-state index in [2.05, 4.69) is 0 Å². The van der Waals surface area contributed by atoms with E-state index < -0.39 is 6.10 Å². The van der Waals surface area contributed by atoms with Crippen LogP contribution in [0, 0.1) is 6.92 Å². The van der Waals surface area contributed by atoms with Crippen LogP contribution < -0.4 is 4.74 Å². The first-order valence-corrected chi connectivity index (χ1v) is 6.55. The second-order valence-electron chi connectivity index (χ2n) is 4.60. The maximum absolute atomic E-state index is 10.2. The topological polar surface area (TPSA) is 29.5 Å². The Morgan fingerprint density at radius 2 is 1.84 bits per heavy atom. The number of rotatable bonds is 4. The average molecular weight is 277 g/mol. The van der Waals surface area contributed by atoms with Crippen molar-refractivity contribution in [1.82, 2.24) is 0 Å². The lowest BCUT2D eigenvalue weighted by Gasteiger charge is -2.13. The number of aliphatic hydroxyl groups is 1. The van der Waals surface area contributed by atoms with Crippen LogP contribution in [0.2, 0.25) is 5.02 Å². The van der Waals surface area contributed by atoms with E-state index in [1.165, 1.54) is 5.56 Å². The largest absolute Gasteiger partial charge is 0.495 e.